The Kier molecular flexibility index (Phi) is 11.7. The summed E-state index contributed by atoms with van der Waals surface area (Å²) in [5.74, 6) is 0. The van der Waals surface area contributed by atoms with Crippen LogP contribution in [0.15, 0.2) is 28.7 Å². The van der Waals surface area contributed by atoms with E-state index in [2.05, 4.69) is 15.9 Å². The Labute approximate surface area is 132 Å². The predicted octanol–water partition coefficient (Wildman–Crippen LogP) is 1.84. The fourth-order valence-electron chi connectivity index (χ4n) is 0.541. The first-order valence-electron chi connectivity index (χ1n) is 3.19. The molecule has 0 unspecified atom stereocenters. The van der Waals surface area contributed by atoms with E-state index in [1.807, 2.05) is 12.1 Å². The van der Waals surface area contributed by atoms with Gasteiger partial charge < -0.3 is 10.2 Å². The third-order valence-corrected chi connectivity index (χ3v) is 1.53. The van der Waals surface area contributed by atoms with Gasteiger partial charge in [-0.05, 0) is 12.1 Å². The second-order valence-electron chi connectivity index (χ2n) is 1.95. The number of aldehydes is 1. The molecule has 0 aromatic heterocycles. The van der Waals surface area contributed by atoms with Crippen molar-refractivity contribution in [1.29, 1.82) is 0 Å². The molecule has 0 bridgehead atoms. The first-order chi connectivity index (χ1) is 6.06. The Morgan fingerprint density at radius 2 is 1.57 bits per heavy atom. The number of hydrogen-bond donors (Lipinski definition) is 2. The number of carbonyl (C=O) groups excluding carboxylic acids is 1. The van der Waals surface area contributed by atoms with Crippen molar-refractivity contribution < 1.29 is 19.8 Å². The van der Waals surface area contributed by atoms with Gasteiger partial charge in [0.25, 0.3) is 0 Å². The number of carboxylic acid groups (broad SMARTS) is 2. The molecule has 0 amide bonds. The average Bonchev–Trinajstić information content (AvgIpc) is 2.05. The summed E-state index contributed by atoms with van der Waals surface area (Å²) in [5, 5.41) is 13.9. The van der Waals surface area contributed by atoms with Crippen LogP contribution in [0.1, 0.15) is 10.4 Å². The first kappa shape index (κ1) is 16.7. The molecule has 1 aromatic rings. The maximum absolute atomic E-state index is 10.1. The zero-order valence-electron chi connectivity index (χ0n) is 6.48. The molecule has 14 heavy (non-hydrogen) atoms. The average molecular weight is 287 g/mol. The van der Waals surface area contributed by atoms with E-state index in [1.165, 1.54) is 0 Å². The summed E-state index contributed by atoms with van der Waals surface area (Å²) < 4.78 is 0.994. The standard InChI is InChI=1S/C7H5BrO.CH2O3.K.H/c8-7-3-1-6(5-9)2-4-7;2-1(3)4;;/h1-5H;(H2,2,3,4);;. The van der Waals surface area contributed by atoms with Gasteiger partial charge in [0.15, 0.2) is 0 Å². The molecule has 0 heterocycles. The number of carbonyl (C=O) groups is 2. The maximum atomic E-state index is 10.1. The summed E-state index contributed by atoms with van der Waals surface area (Å²) in [4.78, 5) is 18.7. The van der Waals surface area contributed by atoms with Crippen molar-refractivity contribution in [3.8, 4) is 0 Å². The van der Waals surface area contributed by atoms with E-state index in [1.54, 1.807) is 12.1 Å². The SMILES string of the molecule is O=C(O)O.O=Cc1ccc(Br)cc1.[KH]. The summed E-state index contributed by atoms with van der Waals surface area (Å²) in [7, 11) is 0. The molecule has 72 valence electrons. The van der Waals surface area contributed by atoms with Gasteiger partial charge in [0.05, 0.1) is 0 Å². The molecule has 1 aromatic carbocycles. The van der Waals surface area contributed by atoms with Gasteiger partial charge in [-0.25, -0.2) is 4.79 Å². The van der Waals surface area contributed by atoms with Gasteiger partial charge >= 0.3 is 57.5 Å². The van der Waals surface area contributed by atoms with Crippen LogP contribution >= 0.6 is 15.9 Å². The van der Waals surface area contributed by atoms with E-state index in [0.29, 0.717) is 5.56 Å². The minimum absolute atomic E-state index is 0. The number of benzene rings is 1. The van der Waals surface area contributed by atoms with Crippen molar-refractivity contribution in [3.05, 3.63) is 34.3 Å². The van der Waals surface area contributed by atoms with E-state index in [9.17, 15) is 4.79 Å². The van der Waals surface area contributed by atoms with Crippen LogP contribution in [0.4, 0.5) is 4.79 Å². The van der Waals surface area contributed by atoms with Crippen molar-refractivity contribution in [2.24, 2.45) is 0 Å². The van der Waals surface area contributed by atoms with Gasteiger partial charge in [-0.1, -0.05) is 28.1 Å². The number of halogens is 1. The molecule has 1 rings (SSSR count). The Balaban J connectivity index is 0. The molecule has 0 aliphatic carbocycles. The molecule has 0 fully saturated rings. The Morgan fingerprint density at radius 1 is 1.21 bits per heavy atom. The second kappa shape index (κ2) is 9.82. The van der Waals surface area contributed by atoms with Crippen molar-refractivity contribution in [2.45, 2.75) is 0 Å². The van der Waals surface area contributed by atoms with E-state index in [-0.39, 0.29) is 51.4 Å². The molecule has 0 atom stereocenters. The molecule has 0 saturated carbocycles. The Bertz CT molecular complexity index is 282. The van der Waals surface area contributed by atoms with Crippen molar-refractivity contribution in [1.82, 2.24) is 0 Å². The molecule has 0 saturated heterocycles. The summed E-state index contributed by atoms with van der Waals surface area (Å²) in [6.45, 7) is 0. The van der Waals surface area contributed by atoms with E-state index in [0.717, 1.165) is 10.8 Å². The fourth-order valence-corrected chi connectivity index (χ4v) is 0.806. The summed E-state index contributed by atoms with van der Waals surface area (Å²) >= 11 is 3.26. The van der Waals surface area contributed by atoms with Crippen LogP contribution < -0.4 is 0 Å². The van der Waals surface area contributed by atoms with Gasteiger partial charge in [-0.3, -0.25) is 4.79 Å². The molecular formula is C8H8BrKO4. The van der Waals surface area contributed by atoms with Crippen LogP contribution in [0.5, 0.6) is 0 Å². The molecule has 0 spiro atoms. The summed E-state index contributed by atoms with van der Waals surface area (Å²) in [5.41, 5.74) is 0.707. The Morgan fingerprint density at radius 3 is 1.86 bits per heavy atom. The zero-order valence-corrected chi connectivity index (χ0v) is 8.06. The van der Waals surface area contributed by atoms with Gasteiger partial charge in [0, 0.05) is 10.0 Å². The number of hydrogen-bond acceptors (Lipinski definition) is 2. The topological polar surface area (TPSA) is 74.6 Å². The van der Waals surface area contributed by atoms with Crippen molar-refractivity contribution in [2.75, 3.05) is 0 Å². The summed E-state index contributed by atoms with van der Waals surface area (Å²) in [6, 6.07) is 7.20. The molecule has 0 aliphatic rings. The molecular weight excluding hydrogens is 279 g/mol. The van der Waals surface area contributed by atoms with Crippen LogP contribution in [0.3, 0.4) is 0 Å². The van der Waals surface area contributed by atoms with Crippen molar-refractivity contribution in [3.63, 3.8) is 0 Å². The van der Waals surface area contributed by atoms with Gasteiger partial charge in [0.1, 0.15) is 6.29 Å². The van der Waals surface area contributed by atoms with Crippen LogP contribution in [-0.2, 0) is 0 Å². The second-order valence-corrected chi connectivity index (χ2v) is 2.87. The monoisotopic (exact) mass is 286 g/mol. The summed E-state index contributed by atoms with van der Waals surface area (Å²) in [6.07, 6.45) is -1.01. The van der Waals surface area contributed by atoms with Gasteiger partial charge in [-0.2, -0.15) is 0 Å². The van der Waals surface area contributed by atoms with E-state index >= 15 is 0 Å². The van der Waals surface area contributed by atoms with Crippen LogP contribution in [0.25, 0.3) is 0 Å². The third-order valence-electron chi connectivity index (χ3n) is 1.01. The molecule has 0 radical (unpaired) electrons. The molecule has 2 N–H and O–H groups in total. The Hall–Kier alpha value is 0.276. The van der Waals surface area contributed by atoms with Gasteiger partial charge in [-0.15, -0.1) is 0 Å². The number of rotatable bonds is 1. The molecule has 6 heteroatoms. The minimum atomic E-state index is -1.83. The van der Waals surface area contributed by atoms with Crippen LogP contribution in [-0.4, -0.2) is 74.0 Å². The molecule has 4 nitrogen and oxygen atoms in total. The normalized spacial score (nSPS) is 7.50. The van der Waals surface area contributed by atoms with Gasteiger partial charge in [0.2, 0.25) is 0 Å². The quantitative estimate of drug-likeness (QED) is 0.610. The zero-order chi connectivity index (χ0) is 10.3. The third kappa shape index (κ3) is 10.4. The van der Waals surface area contributed by atoms with Crippen LogP contribution in [0, 0.1) is 0 Å². The molecule has 0 aliphatic heterocycles. The predicted molar refractivity (Wildman–Crippen MR) is 57.3 cm³/mol. The van der Waals surface area contributed by atoms with Crippen molar-refractivity contribution >= 4 is 79.8 Å². The van der Waals surface area contributed by atoms with Crippen LogP contribution in [0.2, 0.25) is 0 Å². The van der Waals surface area contributed by atoms with E-state index in [4.69, 9.17) is 15.0 Å². The first-order valence-corrected chi connectivity index (χ1v) is 3.98. The fraction of sp³-hybridized carbons (Fsp3) is 0. The van der Waals surface area contributed by atoms with E-state index < -0.39 is 6.16 Å².